The van der Waals surface area contributed by atoms with Crippen molar-refractivity contribution in [2.75, 3.05) is 24.7 Å². The molecule has 4 rings (SSSR count). The number of benzene rings is 3. The molecule has 1 aliphatic rings. The zero-order valence-electron chi connectivity index (χ0n) is 20.3. The molecule has 1 amide bonds. The summed E-state index contributed by atoms with van der Waals surface area (Å²) in [5, 5.41) is 10.8. The molecule has 3 aromatic rings. The SMILES string of the molecule is CCOC(=O)COc1cccc2c1CC[C@@H](O)[C@H]2CCOC(=O)N(c1ccccc1)c1ccccc1. The number of para-hydroxylation sites is 2. The minimum absolute atomic E-state index is 0.143. The van der Waals surface area contributed by atoms with Crippen molar-refractivity contribution < 1.29 is 28.9 Å². The highest BCUT2D eigenvalue weighted by molar-refractivity contribution is 5.95. The van der Waals surface area contributed by atoms with E-state index in [1.54, 1.807) is 6.92 Å². The molecule has 0 saturated heterocycles. The summed E-state index contributed by atoms with van der Waals surface area (Å²) in [6.45, 7) is 2.03. The van der Waals surface area contributed by atoms with E-state index in [-0.39, 0.29) is 19.1 Å². The van der Waals surface area contributed by atoms with E-state index in [9.17, 15) is 14.7 Å². The quantitative estimate of drug-likeness (QED) is 0.406. The first-order valence-electron chi connectivity index (χ1n) is 12.2. The van der Waals surface area contributed by atoms with Gasteiger partial charge in [0.2, 0.25) is 0 Å². The van der Waals surface area contributed by atoms with Crippen molar-refractivity contribution in [1.82, 2.24) is 0 Å². The molecule has 0 unspecified atom stereocenters. The molecule has 0 radical (unpaired) electrons. The fraction of sp³-hybridized carbons (Fsp3) is 0.310. The number of hydrogen-bond donors (Lipinski definition) is 1. The molecular weight excluding hydrogens is 458 g/mol. The number of amides is 1. The van der Waals surface area contributed by atoms with Crippen LogP contribution in [0.1, 0.15) is 36.8 Å². The highest BCUT2D eigenvalue weighted by Gasteiger charge is 2.30. The lowest BCUT2D eigenvalue weighted by molar-refractivity contribution is -0.145. The van der Waals surface area contributed by atoms with Gasteiger partial charge in [0.25, 0.3) is 0 Å². The molecule has 0 aliphatic heterocycles. The Bertz CT molecular complexity index is 1110. The molecule has 7 nitrogen and oxygen atoms in total. The maximum absolute atomic E-state index is 13.1. The van der Waals surface area contributed by atoms with Crippen molar-refractivity contribution in [1.29, 1.82) is 0 Å². The van der Waals surface area contributed by atoms with Crippen LogP contribution in [-0.4, -0.2) is 43.1 Å². The van der Waals surface area contributed by atoms with E-state index in [4.69, 9.17) is 14.2 Å². The smallest absolute Gasteiger partial charge is 0.418 e. The van der Waals surface area contributed by atoms with Crippen LogP contribution < -0.4 is 9.64 Å². The Morgan fingerprint density at radius 2 is 1.58 bits per heavy atom. The van der Waals surface area contributed by atoms with Gasteiger partial charge in [0.05, 0.1) is 30.7 Å². The molecule has 0 bridgehead atoms. The maximum atomic E-state index is 13.1. The second-order valence-corrected chi connectivity index (χ2v) is 8.54. The van der Waals surface area contributed by atoms with Crippen LogP contribution in [0.3, 0.4) is 0 Å². The van der Waals surface area contributed by atoms with Gasteiger partial charge in [0.1, 0.15) is 5.75 Å². The van der Waals surface area contributed by atoms with E-state index in [1.165, 1.54) is 4.90 Å². The first-order chi connectivity index (χ1) is 17.6. The Labute approximate surface area is 211 Å². The van der Waals surface area contributed by atoms with Crippen molar-refractivity contribution in [2.24, 2.45) is 0 Å². The van der Waals surface area contributed by atoms with Crippen LogP contribution in [0.15, 0.2) is 78.9 Å². The molecule has 0 fully saturated rings. The first-order valence-corrected chi connectivity index (χ1v) is 12.2. The van der Waals surface area contributed by atoms with E-state index in [2.05, 4.69) is 0 Å². The fourth-order valence-corrected chi connectivity index (χ4v) is 4.57. The van der Waals surface area contributed by atoms with Gasteiger partial charge in [-0.05, 0) is 67.6 Å². The molecule has 7 heteroatoms. The van der Waals surface area contributed by atoms with Crippen molar-refractivity contribution in [3.05, 3.63) is 90.0 Å². The molecule has 3 aromatic carbocycles. The molecule has 0 heterocycles. The topological polar surface area (TPSA) is 85.3 Å². The van der Waals surface area contributed by atoms with Gasteiger partial charge in [-0.1, -0.05) is 48.5 Å². The first kappa shape index (κ1) is 25.3. The number of nitrogens with zero attached hydrogens (tertiary/aromatic N) is 1. The maximum Gasteiger partial charge on any atom is 0.418 e. The average molecular weight is 490 g/mol. The third kappa shape index (κ3) is 6.04. The Morgan fingerprint density at radius 1 is 0.917 bits per heavy atom. The summed E-state index contributed by atoms with van der Waals surface area (Å²) in [4.78, 5) is 26.4. The number of esters is 1. The Hall–Kier alpha value is -3.84. The van der Waals surface area contributed by atoms with E-state index < -0.39 is 18.2 Å². The molecule has 1 N–H and O–H groups in total. The number of fused-ring (bicyclic) bond motifs is 1. The van der Waals surface area contributed by atoms with Gasteiger partial charge in [-0.2, -0.15) is 0 Å². The lowest BCUT2D eigenvalue weighted by Crippen LogP contribution is -2.30. The number of aliphatic hydroxyl groups excluding tert-OH is 1. The highest BCUT2D eigenvalue weighted by atomic mass is 16.6. The van der Waals surface area contributed by atoms with Gasteiger partial charge < -0.3 is 19.3 Å². The minimum atomic E-state index is -0.559. The summed E-state index contributed by atoms with van der Waals surface area (Å²) in [5.74, 6) is -0.0147. The molecule has 36 heavy (non-hydrogen) atoms. The van der Waals surface area contributed by atoms with E-state index in [1.807, 2.05) is 78.9 Å². The highest BCUT2D eigenvalue weighted by Crippen LogP contribution is 2.39. The Balaban J connectivity index is 1.44. The number of aliphatic hydroxyl groups is 1. The zero-order valence-corrected chi connectivity index (χ0v) is 20.3. The zero-order chi connectivity index (χ0) is 25.3. The van der Waals surface area contributed by atoms with Gasteiger partial charge in [-0.3, -0.25) is 0 Å². The lowest BCUT2D eigenvalue weighted by Gasteiger charge is -2.31. The second-order valence-electron chi connectivity index (χ2n) is 8.54. The minimum Gasteiger partial charge on any atom is -0.482 e. The summed E-state index contributed by atoms with van der Waals surface area (Å²) >= 11 is 0. The third-order valence-electron chi connectivity index (χ3n) is 6.24. The number of hydrogen-bond acceptors (Lipinski definition) is 6. The van der Waals surface area contributed by atoms with Gasteiger partial charge >= 0.3 is 12.1 Å². The predicted molar refractivity (Wildman–Crippen MR) is 137 cm³/mol. The van der Waals surface area contributed by atoms with Crippen LogP contribution in [0.5, 0.6) is 5.75 Å². The molecule has 0 saturated carbocycles. The van der Waals surface area contributed by atoms with Gasteiger partial charge in [-0.25, -0.2) is 14.5 Å². The molecule has 188 valence electrons. The van der Waals surface area contributed by atoms with Crippen LogP contribution in [0, 0.1) is 0 Å². The van der Waals surface area contributed by atoms with E-state index in [0.29, 0.717) is 43.0 Å². The van der Waals surface area contributed by atoms with Crippen LogP contribution in [0.25, 0.3) is 0 Å². The lowest BCUT2D eigenvalue weighted by atomic mass is 9.79. The third-order valence-corrected chi connectivity index (χ3v) is 6.24. The molecule has 2 atom stereocenters. The van der Waals surface area contributed by atoms with Crippen LogP contribution >= 0.6 is 0 Å². The van der Waals surface area contributed by atoms with Crippen LogP contribution in [0.2, 0.25) is 0 Å². The second kappa shape index (κ2) is 12.2. The largest absolute Gasteiger partial charge is 0.482 e. The monoisotopic (exact) mass is 489 g/mol. The number of carbonyl (C=O) groups excluding carboxylic acids is 2. The molecule has 1 aliphatic carbocycles. The van der Waals surface area contributed by atoms with Crippen molar-refractivity contribution in [3.63, 3.8) is 0 Å². The summed E-state index contributed by atoms with van der Waals surface area (Å²) in [5.41, 5.74) is 3.34. The van der Waals surface area contributed by atoms with Crippen LogP contribution in [0.4, 0.5) is 16.2 Å². The standard InChI is InChI=1S/C29H31NO6/c1-2-34-28(32)20-36-27-15-9-14-23-24(26(31)17-16-25(23)27)18-19-35-29(33)30(21-10-5-3-6-11-21)22-12-7-4-8-13-22/h3-15,24,26,31H,2,16-20H2,1H3/t24-,26+/m0/s1. The van der Waals surface area contributed by atoms with Crippen molar-refractivity contribution in [3.8, 4) is 5.75 Å². The summed E-state index contributed by atoms with van der Waals surface area (Å²) in [6.07, 6.45) is 0.617. The van der Waals surface area contributed by atoms with E-state index >= 15 is 0 Å². The molecule has 0 aromatic heterocycles. The Morgan fingerprint density at radius 3 is 2.22 bits per heavy atom. The fourth-order valence-electron chi connectivity index (χ4n) is 4.57. The van der Waals surface area contributed by atoms with Crippen molar-refractivity contribution >= 4 is 23.4 Å². The average Bonchev–Trinajstić information content (AvgIpc) is 2.90. The summed E-state index contributed by atoms with van der Waals surface area (Å²) in [7, 11) is 0. The number of carbonyl (C=O) groups is 2. The number of anilines is 2. The summed E-state index contributed by atoms with van der Waals surface area (Å²) in [6, 6.07) is 24.3. The number of rotatable bonds is 9. The van der Waals surface area contributed by atoms with Crippen molar-refractivity contribution in [2.45, 2.75) is 38.2 Å². The van der Waals surface area contributed by atoms with Gasteiger partial charge in [0.15, 0.2) is 6.61 Å². The molecular formula is C29H31NO6. The van der Waals surface area contributed by atoms with Crippen LogP contribution in [-0.2, 0) is 20.7 Å². The predicted octanol–water partition coefficient (Wildman–Crippen LogP) is 5.38. The van der Waals surface area contributed by atoms with Gasteiger partial charge in [-0.15, -0.1) is 0 Å². The summed E-state index contributed by atoms with van der Waals surface area (Å²) < 4.78 is 16.4. The molecule has 0 spiro atoms. The Kier molecular flexibility index (Phi) is 8.57. The van der Waals surface area contributed by atoms with Gasteiger partial charge in [0, 0.05) is 5.92 Å². The normalized spacial score (nSPS) is 16.5. The van der Waals surface area contributed by atoms with E-state index in [0.717, 1.165) is 11.1 Å². The number of ether oxygens (including phenoxy) is 3.